The smallest absolute Gasteiger partial charge is 0.418 e. The molecule has 17 heteroatoms. The summed E-state index contributed by atoms with van der Waals surface area (Å²) in [5.74, 6) is -13.5. The molecule has 3 aliphatic rings. The molecule has 5 rings (SSSR count). The first-order valence-corrected chi connectivity index (χ1v) is 14.6. The number of fused-ring (bicyclic) bond motifs is 3. The van der Waals surface area contributed by atoms with Crippen molar-refractivity contribution in [1.82, 2.24) is 4.90 Å². The molecule has 0 aliphatic heterocycles. The van der Waals surface area contributed by atoms with Gasteiger partial charge in [0, 0.05) is 25.7 Å². The number of aliphatic hydroxyl groups is 1. The Morgan fingerprint density at radius 2 is 1.60 bits per heavy atom. The molecule has 0 heterocycles. The second kappa shape index (κ2) is 11.6. The van der Waals surface area contributed by atoms with Crippen molar-refractivity contribution in [2.45, 2.75) is 30.7 Å². The first-order valence-electron chi connectivity index (χ1n) is 14.6. The number of anilines is 3. The lowest BCUT2D eigenvalue weighted by Crippen LogP contribution is -2.74. The second-order valence-electron chi connectivity index (χ2n) is 12.6. The molecule has 3 aliphatic carbocycles. The highest BCUT2D eigenvalue weighted by molar-refractivity contribution is 6.32. The zero-order valence-electron chi connectivity index (χ0n) is 26.0. The van der Waals surface area contributed by atoms with Crippen molar-refractivity contribution in [3.8, 4) is 11.5 Å². The number of Topliss-reactive ketones (excluding diaryl/α,β-unsaturated/α-hetero) is 4. The monoisotopic (exact) mass is 675 g/mol. The summed E-state index contributed by atoms with van der Waals surface area (Å²) in [6.45, 7) is 0. The van der Waals surface area contributed by atoms with Gasteiger partial charge in [-0.05, 0) is 62.7 Å². The fourth-order valence-corrected chi connectivity index (χ4v) is 7.30. The van der Waals surface area contributed by atoms with Crippen LogP contribution in [0.25, 0.3) is 0 Å². The maximum absolute atomic E-state index is 14.1. The van der Waals surface area contributed by atoms with Crippen molar-refractivity contribution in [1.29, 1.82) is 0 Å². The number of ketones is 4. The Labute approximate surface area is 270 Å². The average molecular weight is 676 g/mol. The van der Waals surface area contributed by atoms with Crippen LogP contribution in [0, 0.1) is 23.7 Å². The molecule has 14 nitrogen and oxygen atoms in total. The molecule has 0 bridgehead atoms. The number of nitrogens with zero attached hydrogens (tertiary/aromatic N) is 2. The summed E-state index contributed by atoms with van der Waals surface area (Å²) in [5.41, 5.74) is -0.00467. The van der Waals surface area contributed by atoms with E-state index in [4.69, 9.17) is 5.73 Å². The van der Waals surface area contributed by atoms with E-state index in [1.54, 1.807) is 14.1 Å². The summed E-state index contributed by atoms with van der Waals surface area (Å²) in [7, 11) is 6.09. The number of hydrogen-bond acceptors (Lipinski definition) is 11. The highest BCUT2D eigenvalue weighted by atomic mass is 19.4. The van der Waals surface area contributed by atoms with Gasteiger partial charge in [0.2, 0.25) is 5.91 Å². The quantitative estimate of drug-likeness (QED) is 0.151. The minimum Gasteiger partial charge on any atom is -0.508 e. The lowest BCUT2D eigenvalue weighted by atomic mass is 9.52. The van der Waals surface area contributed by atoms with Crippen molar-refractivity contribution in [2.24, 2.45) is 29.4 Å². The Kier molecular flexibility index (Phi) is 8.28. The van der Waals surface area contributed by atoms with Gasteiger partial charge in [0.15, 0.2) is 34.7 Å². The maximum Gasteiger partial charge on any atom is 0.418 e. The van der Waals surface area contributed by atoms with E-state index in [9.17, 15) is 57.3 Å². The number of carbonyl (C=O) groups excluding carboxylic acids is 6. The van der Waals surface area contributed by atoms with E-state index in [0.717, 1.165) is 12.1 Å². The van der Waals surface area contributed by atoms with E-state index in [0.29, 0.717) is 6.07 Å². The van der Waals surface area contributed by atoms with Crippen LogP contribution in [-0.2, 0) is 31.8 Å². The minimum atomic E-state index is -4.96. The summed E-state index contributed by atoms with van der Waals surface area (Å²) in [6, 6.07) is 0.879. The molecule has 0 radical (unpaired) electrons. The topological polar surface area (TPSA) is 220 Å². The number of aromatic hydroxyl groups is 2. The number of halogens is 3. The number of urea groups is 1. The van der Waals surface area contributed by atoms with Crippen LogP contribution in [0.5, 0.6) is 11.5 Å². The fraction of sp³-hybridized carbons (Fsp3) is 0.419. The normalized spacial score (nSPS) is 26.8. The largest absolute Gasteiger partial charge is 0.508 e. The Hall–Kier alpha value is -5.03. The lowest BCUT2D eigenvalue weighted by Gasteiger charge is -2.52. The standard InChI is InChI=1S/C31H32F3N5O9/c1-38(2)18-10-17(37-29(47)36-16-6-5-12(40)9-14(16)31(32,33)34)23(41)20-13(18)7-11-8-15-22(39(3)4)25(43)21(28(35)46)27(45)30(15,48)26(44)19(11)24(20)42/h5-6,9-11,15,19,21-22,40-41,48H,7-8H2,1-4H3,(H2,35,46)(H2,36,37,47)/t11-,15-,19?,21?,22-,30-/m0/s1. The average Bonchev–Trinajstić information content (AvgIpc) is 2.96. The molecule has 2 fully saturated rings. The van der Waals surface area contributed by atoms with Crippen molar-refractivity contribution >= 4 is 52.1 Å². The number of phenols is 2. The third kappa shape index (κ3) is 5.22. The number of carbonyl (C=O) groups is 6. The molecular formula is C31H32F3N5O9. The van der Waals surface area contributed by atoms with Gasteiger partial charge in [-0.25, -0.2) is 4.79 Å². The molecule has 256 valence electrons. The van der Waals surface area contributed by atoms with Crippen LogP contribution in [-0.4, -0.2) is 95.1 Å². The number of primary amides is 1. The summed E-state index contributed by atoms with van der Waals surface area (Å²) < 4.78 is 40.6. The lowest BCUT2D eigenvalue weighted by molar-refractivity contribution is -0.181. The number of benzene rings is 2. The van der Waals surface area contributed by atoms with Crippen LogP contribution < -0.4 is 21.3 Å². The molecule has 2 aromatic carbocycles. The number of hydrogen-bond donors (Lipinski definition) is 6. The van der Waals surface area contributed by atoms with E-state index in [1.807, 2.05) is 5.32 Å². The van der Waals surface area contributed by atoms with E-state index in [2.05, 4.69) is 5.32 Å². The fourth-order valence-electron chi connectivity index (χ4n) is 7.30. The second-order valence-corrected chi connectivity index (χ2v) is 12.6. The van der Waals surface area contributed by atoms with Crippen molar-refractivity contribution in [2.75, 3.05) is 43.7 Å². The molecule has 2 aromatic rings. The highest BCUT2D eigenvalue weighted by Crippen LogP contribution is 2.53. The van der Waals surface area contributed by atoms with Crippen LogP contribution >= 0.6 is 0 Å². The van der Waals surface area contributed by atoms with Gasteiger partial charge in [0.25, 0.3) is 0 Å². The van der Waals surface area contributed by atoms with Crippen molar-refractivity contribution in [3.05, 3.63) is 41.0 Å². The van der Waals surface area contributed by atoms with E-state index in [-0.39, 0.29) is 24.1 Å². The van der Waals surface area contributed by atoms with Crippen LogP contribution in [0.3, 0.4) is 0 Å². The number of likely N-dealkylation sites (N-methyl/N-ethyl adjacent to an activating group) is 1. The number of phenolic OH excluding ortho intramolecular Hbond substituents is 2. The Morgan fingerprint density at radius 1 is 0.979 bits per heavy atom. The molecule has 2 unspecified atom stereocenters. The molecular weight excluding hydrogens is 643 g/mol. The summed E-state index contributed by atoms with van der Waals surface area (Å²) in [6.07, 6.45) is -5.18. The number of rotatable bonds is 5. The minimum absolute atomic E-state index is 0.0537. The third-order valence-electron chi connectivity index (χ3n) is 9.32. The Balaban J connectivity index is 1.56. The molecule has 0 aromatic heterocycles. The first kappa shape index (κ1) is 34.3. The van der Waals surface area contributed by atoms with Gasteiger partial charge in [-0.2, -0.15) is 13.2 Å². The number of nitrogens with one attached hydrogen (secondary N) is 2. The summed E-state index contributed by atoms with van der Waals surface area (Å²) >= 11 is 0. The molecule has 2 saturated carbocycles. The van der Waals surface area contributed by atoms with Gasteiger partial charge in [0.1, 0.15) is 11.5 Å². The van der Waals surface area contributed by atoms with Gasteiger partial charge < -0.3 is 36.6 Å². The van der Waals surface area contributed by atoms with Gasteiger partial charge in [0.05, 0.1) is 34.5 Å². The van der Waals surface area contributed by atoms with Crippen LogP contribution in [0.1, 0.15) is 27.9 Å². The molecule has 7 N–H and O–H groups in total. The van der Waals surface area contributed by atoms with E-state index in [1.165, 1.54) is 30.0 Å². The van der Waals surface area contributed by atoms with Gasteiger partial charge in [-0.1, -0.05) is 0 Å². The van der Waals surface area contributed by atoms with E-state index < -0.39 is 111 Å². The summed E-state index contributed by atoms with van der Waals surface area (Å²) in [4.78, 5) is 82.9. The van der Waals surface area contributed by atoms with E-state index >= 15 is 0 Å². The SMILES string of the molecule is CN(C)c1cc(NC(=O)Nc2ccc(O)cc2C(F)(F)F)c(O)c2c1C[C@H]1C[C@H]3[C@H](N(C)C)C(=O)C(C(N)=O)C(=O)[C@@]3(O)C(=O)C1C2=O. The number of nitrogens with two attached hydrogens (primary N) is 1. The zero-order valence-corrected chi connectivity index (χ0v) is 26.0. The zero-order chi connectivity index (χ0) is 35.8. The van der Waals surface area contributed by atoms with Gasteiger partial charge in [-0.3, -0.25) is 28.9 Å². The predicted octanol–water partition coefficient (Wildman–Crippen LogP) is 1.30. The molecule has 0 saturated heterocycles. The molecule has 3 amide bonds. The highest BCUT2D eigenvalue weighted by Gasteiger charge is 2.69. The van der Waals surface area contributed by atoms with Gasteiger partial charge in [-0.15, -0.1) is 0 Å². The third-order valence-corrected chi connectivity index (χ3v) is 9.32. The van der Waals surface area contributed by atoms with Crippen LogP contribution in [0.15, 0.2) is 24.3 Å². The van der Waals surface area contributed by atoms with Crippen LogP contribution in [0.2, 0.25) is 0 Å². The van der Waals surface area contributed by atoms with Crippen molar-refractivity contribution < 1.29 is 57.3 Å². The summed E-state index contributed by atoms with van der Waals surface area (Å²) in [5, 5.41) is 36.8. The number of alkyl halides is 3. The first-order chi connectivity index (χ1) is 22.2. The van der Waals surface area contributed by atoms with Gasteiger partial charge >= 0.3 is 12.2 Å². The Morgan fingerprint density at radius 3 is 2.17 bits per heavy atom. The molecule has 6 atom stereocenters. The molecule has 48 heavy (non-hydrogen) atoms. The van der Waals surface area contributed by atoms with Crippen molar-refractivity contribution in [3.63, 3.8) is 0 Å². The Bertz CT molecular complexity index is 1790. The molecule has 0 spiro atoms. The maximum atomic E-state index is 14.1. The van der Waals surface area contributed by atoms with Crippen LogP contribution in [0.4, 0.5) is 35.0 Å². The number of amides is 3. The predicted molar refractivity (Wildman–Crippen MR) is 161 cm³/mol.